The number of ether oxygens (including phenoxy) is 8. The van der Waals surface area contributed by atoms with Gasteiger partial charge in [-0.1, -0.05) is 24.3 Å². The average Bonchev–Trinajstić information content (AvgIpc) is 3.23. The second-order valence-corrected chi connectivity index (χ2v) is 14.4. The number of carbonyl (C=O) groups excluding carboxylic acids is 1. The van der Waals surface area contributed by atoms with Gasteiger partial charge in [-0.3, -0.25) is 4.79 Å². The lowest BCUT2D eigenvalue weighted by atomic mass is 10.1. The second kappa shape index (κ2) is 21.3. The highest BCUT2D eigenvalue weighted by atomic mass is 32.2. The van der Waals surface area contributed by atoms with E-state index in [0.717, 1.165) is 0 Å². The van der Waals surface area contributed by atoms with Crippen molar-refractivity contribution in [3.63, 3.8) is 0 Å². The van der Waals surface area contributed by atoms with Gasteiger partial charge in [0.2, 0.25) is 5.91 Å². The van der Waals surface area contributed by atoms with Crippen molar-refractivity contribution >= 4 is 39.3 Å². The molecule has 0 saturated heterocycles. The van der Waals surface area contributed by atoms with E-state index in [4.69, 9.17) is 60.2 Å². The first-order valence-electron chi connectivity index (χ1n) is 17.4. The summed E-state index contributed by atoms with van der Waals surface area (Å²) in [5.74, 6) is 2.75. The van der Waals surface area contributed by atoms with Gasteiger partial charge in [-0.05, 0) is 47.5 Å². The quantitative estimate of drug-likeness (QED) is 0.0876. The third kappa shape index (κ3) is 11.0. The summed E-state index contributed by atoms with van der Waals surface area (Å²) in [7, 11) is 7.76. The van der Waals surface area contributed by atoms with Gasteiger partial charge in [0.05, 0.1) is 86.0 Å². The number of primary amides is 1. The summed E-state index contributed by atoms with van der Waals surface area (Å²) < 4.78 is 74.5. The molecule has 314 valence electrons. The number of methoxy groups -OCH3 is 8. The molecule has 0 radical (unpaired) electrons. The van der Waals surface area contributed by atoms with Crippen molar-refractivity contribution in [1.29, 1.82) is 0 Å². The maximum atomic E-state index is 15.2. The van der Waals surface area contributed by atoms with Crippen LogP contribution in [-0.4, -0.2) is 89.0 Å². The van der Waals surface area contributed by atoms with Crippen LogP contribution >= 0.6 is 0 Å². The minimum Gasteiger partial charge on any atom is -0.496 e. The monoisotopic (exact) mass is 824 g/mol. The van der Waals surface area contributed by atoms with Crippen LogP contribution in [-0.2, 0) is 14.6 Å². The summed E-state index contributed by atoms with van der Waals surface area (Å²) in [5, 5.41) is 5.55. The summed E-state index contributed by atoms with van der Waals surface area (Å²) in [5.41, 5.74) is 24.4. The van der Waals surface area contributed by atoms with Crippen LogP contribution in [0.15, 0.2) is 72.8 Å². The number of benzene rings is 4. The van der Waals surface area contributed by atoms with Crippen molar-refractivity contribution < 1.29 is 56.2 Å². The zero-order valence-electron chi connectivity index (χ0n) is 33.7. The SMILES string of the molecule is COc1cc(OC)c(C=CC(c2ccc(OC)c(N)c2)S(=O)(=O)C(C=Cc2c(OC)cc(OC)cc2OC)c2ccc(OC)c(N)c2)c(OC)c1.NC(=O)[C@H](N)CO. The number of carbonyl (C=O) groups is 1. The molecule has 2 unspecified atom stereocenters. The molecule has 0 aromatic heterocycles. The molecule has 9 N–H and O–H groups in total. The van der Waals surface area contributed by atoms with E-state index in [1.807, 2.05) is 0 Å². The highest BCUT2D eigenvalue weighted by Crippen LogP contribution is 2.43. The fourth-order valence-electron chi connectivity index (χ4n) is 5.69. The van der Waals surface area contributed by atoms with Crippen molar-refractivity contribution in [2.75, 3.05) is 75.0 Å². The zero-order chi connectivity index (χ0) is 43.2. The van der Waals surface area contributed by atoms with E-state index in [-0.39, 0.29) is 18.0 Å². The minimum absolute atomic E-state index is 0.261. The number of hydrogen-bond donors (Lipinski definition) is 5. The molecule has 0 aliphatic carbocycles. The molecule has 4 rings (SSSR count). The predicted molar refractivity (Wildman–Crippen MR) is 224 cm³/mol. The van der Waals surface area contributed by atoms with E-state index in [1.54, 1.807) is 85.0 Å². The molecule has 0 saturated carbocycles. The Morgan fingerprint density at radius 2 is 0.914 bits per heavy atom. The number of aliphatic hydroxyl groups excluding tert-OH is 1. The molecule has 0 fully saturated rings. The van der Waals surface area contributed by atoms with E-state index >= 15 is 8.42 Å². The van der Waals surface area contributed by atoms with Crippen molar-refractivity contribution in [1.82, 2.24) is 0 Å². The van der Waals surface area contributed by atoms with Gasteiger partial charge in [-0.2, -0.15) is 0 Å². The number of amides is 1. The summed E-state index contributed by atoms with van der Waals surface area (Å²) in [6.07, 6.45) is 6.40. The fourth-order valence-corrected chi connectivity index (χ4v) is 7.65. The average molecular weight is 825 g/mol. The van der Waals surface area contributed by atoms with Crippen LogP contribution in [0, 0.1) is 0 Å². The Balaban J connectivity index is 0.00000117. The van der Waals surface area contributed by atoms with Gasteiger partial charge in [-0.15, -0.1) is 0 Å². The Bertz CT molecular complexity index is 2010. The molecule has 0 heterocycles. The number of anilines is 2. The molecule has 3 atom stereocenters. The zero-order valence-corrected chi connectivity index (χ0v) is 34.5. The van der Waals surface area contributed by atoms with Crippen molar-refractivity contribution in [2.24, 2.45) is 11.5 Å². The molecule has 4 aromatic carbocycles. The molecule has 0 aliphatic rings. The number of aliphatic hydroxyl groups is 1. The van der Waals surface area contributed by atoms with E-state index < -0.39 is 32.3 Å². The first kappa shape index (κ1) is 46.1. The Labute approximate surface area is 338 Å². The van der Waals surface area contributed by atoms with Gasteiger partial charge in [0.15, 0.2) is 9.84 Å². The second-order valence-electron chi connectivity index (χ2n) is 12.2. The van der Waals surface area contributed by atoms with Crippen LogP contribution in [0.5, 0.6) is 46.0 Å². The standard InChI is InChI=1S/C38H44N2O10S.C3H8N2O2/c1-43-25-19-33(47-5)27(34(20-25)48-6)11-15-37(23-9-13-31(45-3)29(39)17-23)51(41,42)38(24-10-14-32(46-4)30(40)18-24)16-12-28-35(49-7)21-26(44-2)22-36(28)50-8;4-2(1-6)3(5)7/h9-22,37-38H,39-40H2,1-8H3;2,6H,1,4H2,(H2,5,7)/t;2-/m.1/s1. The van der Waals surface area contributed by atoms with Gasteiger partial charge < -0.3 is 65.9 Å². The first-order valence-corrected chi connectivity index (χ1v) is 19.0. The van der Waals surface area contributed by atoms with Crippen LogP contribution in [0.3, 0.4) is 0 Å². The molecule has 0 spiro atoms. The van der Waals surface area contributed by atoms with Crippen molar-refractivity contribution in [2.45, 2.75) is 16.5 Å². The summed E-state index contributed by atoms with van der Waals surface area (Å²) in [4.78, 5) is 9.87. The van der Waals surface area contributed by atoms with E-state index in [2.05, 4.69) is 5.73 Å². The van der Waals surface area contributed by atoms with Crippen LogP contribution in [0.25, 0.3) is 12.2 Å². The van der Waals surface area contributed by atoms with E-state index in [9.17, 15) is 4.79 Å². The number of nitrogen functional groups attached to an aromatic ring is 2. The number of hydrogen-bond acceptors (Lipinski definition) is 15. The van der Waals surface area contributed by atoms with Gasteiger partial charge in [-0.25, -0.2) is 8.42 Å². The molecular formula is C41H52N4O12S. The molecule has 0 bridgehead atoms. The Morgan fingerprint density at radius 1 is 0.586 bits per heavy atom. The van der Waals surface area contributed by atoms with Gasteiger partial charge >= 0.3 is 0 Å². The number of nitrogens with two attached hydrogens (primary N) is 4. The highest BCUT2D eigenvalue weighted by Gasteiger charge is 2.35. The third-order valence-electron chi connectivity index (χ3n) is 8.82. The predicted octanol–water partition coefficient (Wildman–Crippen LogP) is 4.34. The van der Waals surface area contributed by atoms with Crippen LogP contribution in [0.1, 0.15) is 32.8 Å². The van der Waals surface area contributed by atoms with Crippen LogP contribution < -0.4 is 60.8 Å². The van der Waals surface area contributed by atoms with E-state index in [0.29, 0.717) is 68.2 Å². The normalized spacial score (nSPS) is 12.8. The van der Waals surface area contributed by atoms with Crippen molar-refractivity contribution in [3.8, 4) is 46.0 Å². The number of rotatable bonds is 18. The van der Waals surface area contributed by atoms with Crippen LogP contribution in [0.4, 0.5) is 11.4 Å². The lowest BCUT2D eigenvalue weighted by Crippen LogP contribution is -2.39. The maximum Gasteiger partial charge on any atom is 0.236 e. The Morgan fingerprint density at radius 3 is 1.14 bits per heavy atom. The first-order chi connectivity index (χ1) is 27.7. The summed E-state index contributed by atoms with van der Waals surface area (Å²) >= 11 is 0. The minimum atomic E-state index is -4.27. The molecule has 58 heavy (non-hydrogen) atoms. The molecule has 0 aliphatic heterocycles. The highest BCUT2D eigenvalue weighted by molar-refractivity contribution is 7.92. The van der Waals surface area contributed by atoms with Crippen molar-refractivity contribution in [3.05, 3.63) is 95.1 Å². The Kier molecular flexibility index (Phi) is 16.9. The van der Waals surface area contributed by atoms with Gasteiger partial charge in [0, 0.05) is 24.3 Å². The van der Waals surface area contributed by atoms with Gasteiger partial charge in [0.25, 0.3) is 0 Å². The molecule has 17 heteroatoms. The molecule has 16 nitrogen and oxygen atoms in total. The smallest absolute Gasteiger partial charge is 0.236 e. The third-order valence-corrected chi connectivity index (χ3v) is 11.1. The maximum absolute atomic E-state index is 15.2. The summed E-state index contributed by atoms with van der Waals surface area (Å²) in [6.45, 7) is -0.380. The van der Waals surface area contributed by atoms with E-state index in [1.165, 1.54) is 56.9 Å². The molecular weight excluding hydrogens is 773 g/mol. The molecule has 4 aromatic rings. The topological polar surface area (TPSA) is 249 Å². The summed E-state index contributed by atoms with van der Waals surface area (Å²) in [6, 6.07) is 15.5. The number of sulfone groups is 1. The largest absolute Gasteiger partial charge is 0.496 e. The lowest BCUT2D eigenvalue weighted by Gasteiger charge is -2.23. The lowest BCUT2D eigenvalue weighted by molar-refractivity contribution is -0.120. The van der Waals surface area contributed by atoms with Crippen LogP contribution in [0.2, 0.25) is 0 Å². The van der Waals surface area contributed by atoms with Gasteiger partial charge in [0.1, 0.15) is 62.5 Å². The molecule has 1 amide bonds. The fraction of sp³-hybridized carbons (Fsp3) is 0.293. The Hall–Kier alpha value is -6.30.